The molecule has 1 saturated heterocycles. The molecule has 1 aromatic heterocycles. The molecule has 8 heteroatoms. The maximum atomic E-state index is 13.9. The van der Waals surface area contributed by atoms with Gasteiger partial charge in [0.15, 0.2) is 0 Å². The Kier molecular flexibility index (Phi) is 6.18. The van der Waals surface area contributed by atoms with Crippen molar-refractivity contribution in [2.24, 2.45) is 0 Å². The molecule has 1 aliphatic heterocycles. The van der Waals surface area contributed by atoms with Gasteiger partial charge in [-0.2, -0.15) is 5.10 Å². The van der Waals surface area contributed by atoms with Crippen molar-refractivity contribution in [3.8, 4) is 17.2 Å². The Balaban J connectivity index is 1.71. The Hall–Kier alpha value is -3.39. The van der Waals surface area contributed by atoms with Crippen LogP contribution in [0.5, 0.6) is 11.5 Å². The first kappa shape index (κ1) is 20.9. The molecule has 162 valence electrons. The number of anilines is 1. The van der Waals surface area contributed by atoms with Gasteiger partial charge >= 0.3 is 0 Å². The summed E-state index contributed by atoms with van der Waals surface area (Å²) in [5.74, 6) is 0.644. The second kappa shape index (κ2) is 9.18. The van der Waals surface area contributed by atoms with Crippen LogP contribution in [-0.2, 0) is 0 Å². The minimum absolute atomic E-state index is 0.132. The van der Waals surface area contributed by atoms with Gasteiger partial charge in [-0.05, 0) is 44.1 Å². The second-order valence-electron chi connectivity index (χ2n) is 7.41. The van der Waals surface area contributed by atoms with Crippen molar-refractivity contribution < 1.29 is 18.7 Å². The first-order valence-corrected chi connectivity index (χ1v) is 10.2. The van der Waals surface area contributed by atoms with Crippen molar-refractivity contribution in [1.82, 2.24) is 15.1 Å². The van der Waals surface area contributed by atoms with Crippen LogP contribution in [0.1, 0.15) is 34.8 Å². The number of halogens is 1. The fraction of sp³-hybridized carbons (Fsp3) is 0.304. The van der Waals surface area contributed by atoms with Crippen molar-refractivity contribution in [3.63, 3.8) is 0 Å². The lowest BCUT2D eigenvalue weighted by Crippen LogP contribution is -2.29. The lowest BCUT2D eigenvalue weighted by atomic mass is 9.91. The zero-order valence-electron chi connectivity index (χ0n) is 17.5. The maximum absolute atomic E-state index is 13.9. The number of rotatable bonds is 6. The summed E-state index contributed by atoms with van der Waals surface area (Å²) >= 11 is 0. The van der Waals surface area contributed by atoms with Crippen LogP contribution in [0.3, 0.4) is 0 Å². The fourth-order valence-corrected chi connectivity index (χ4v) is 3.91. The number of aromatic nitrogens is 2. The molecule has 3 aromatic rings. The van der Waals surface area contributed by atoms with Gasteiger partial charge in [0.25, 0.3) is 5.91 Å². The van der Waals surface area contributed by atoms with Crippen molar-refractivity contribution in [1.29, 1.82) is 0 Å². The van der Waals surface area contributed by atoms with Crippen LogP contribution in [0, 0.1) is 5.82 Å². The normalized spacial score (nSPS) is 14.3. The number of nitrogens with zero attached hydrogens (tertiary/aromatic N) is 2. The number of benzene rings is 2. The highest BCUT2D eigenvalue weighted by atomic mass is 19.1. The molecule has 2 aromatic carbocycles. The van der Waals surface area contributed by atoms with Gasteiger partial charge in [0, 0.05) is 29.8 Å². The number of ether oxygens (including phenoxy) is 2. The topological polar surface area (TPSA) is 77.4 Å². The molecule has 2 heterocycles. The highest BCUT2D eigenvalue weighted by molar-refractivity contribution is 6.05. The molecule has 1 aliphatic rings. The average Bonchev–Trinajstić information content (AvgIpc) is 3.25. The van der Waals surface area contributed by atoms with Gasteiger partial charge in [-0.1, -0.05) is 6.07 Å². The lowest BCUT2D eigenvalue weighted by Gasteiger charge is -2.24. The SMILES string of the molecule is COc1cc(NC(=O)c2cnn(-c3cccc(F)c3)c2C2CCNCC2)cc(OC)c1. The molecule has 1 fully saturated rings. The van der Waals surface area contributed by atoms with Crippen LogP contribution in [0.15, 0.2) is 48.7 Å². The molecule has 0 aliphatic carbocycles. The van der Waals surface area contributed by atoms with Crippen LogP contribution in [0.25, 0.3) is 5.69 Å². The number of carbonyl (C=O) groups excluding carboxylic acids is 1. The van der Waals surface area contributed by atoms with Crippen molar-refractivity contribution >= 4 is 11.6 Å². The molecule has 4 rings (SSSR count). The van der Waals surface area contributed by atoms with E-state index in [0.717, 1.165) is 31.6 Å². The lowest BCUT2D eigenvalue weighted by molar-refractivity contribution is 0.102. The molecule has 0 unspecified atom stereocenters. The Morgan fingerprint density at radius 3 is 2.48 bits per heavy atom. The largest absolute Gasteiger partial charge is 0.497 e. The zero-order chi connectivity index (χ0) is 21.8. The molecule has 0 atom stereocenters. The van der Waals surface area contributed by atoms with Gasteiger partial charge in [0.2, 0.25) is 0 Å². The first-order valence-electron chi connectivity index (χ1n) is 10.2. The summed E-state index contributed by atoms with van der Waals surface area (Å²) in [6.07, 6.45) is 3.29. The van der Waals surface area contributed by atoms with E-state index in [0.29, 0.717) is 28.4 Å². The van der Waals surface area contributed by atoms with E-state index in [-0.39, 0.29) is 17.6 Å². The Morgan fingerprint density at radius 2 is 1.84 bits per heavy atom. The Morgan fingerprint density at radius 1 is 1.13 bits per heavy atom. The third kappa shape index (κ3) is 4.54. The van der Waals surface area contributed by atoms with Gasteiger partial charge in [-0.25, -0.2) is 9.07 Å². The van der Waals surface area contributed by atoms with Crippen LogP contribution in [0.4, 0.5) is 10.1 Å². The van der Waals surface area contributed by atoms with E-state index < -0.39 is 0 Å². The molecular formula is C23H25FN4O3. The Labute approximate surface area is 180 Å². The second-order valence-corrected chi connectivity index (χ2v) is 7.41. The molecule has 0 radical (unpaired) electrons. The molecule has 0 spiro atoms. The zero-order valence-corrected chi connectivity index (χ0v) is 17.5. The van der Waals surface area contributed by atoms with E-state index in [1.54, 1.807) is 55.4 Å². The summed E-state index contributed by atoms with van der Waals surface area (Å²) in [7, 11) is 3.11. The molecule has 31 heavy (non-hydrogen) atoms. The number of nitrogens with one attached hydrogen (secondary N) is 2. The van der Waals surface area contributed by atoms with Crippen molar-refractivity contribution in [2.45, 2.75) is 18.8 Å². The van der Waals surface area contributed by atoms with Crippen molar-refractivity contribution in [2.75, 3.05) is 32.6 Å². The van der Waals surface area contributed by atoms with Crippen molar-refractivity contribution in [3.05, 3.63) is 65.7 Å². The van der Waals surface area contributed by atoms with Gasteiger partial charge in [-0.3, -0.25) is 4.79 Å². The summed E-state index contributed by atoms with van der Waals surface area (Å²) in [5, 5.41) is 10.7. The van der Waals surface area contributed by atoms with Gasteiger partial charge in [-0.15, -0.1) is 0 Å². The predicted octanol–water partition coefficient (Wildman–Crippen LogP) is 3.75. The average molecular weight is 424 g/mol. The number of methoxy groups -OCH3 is 2. The summed E-state index contributed by atoms with van der Waals surface area (Å²) in [4.78, 5) is 13.3. The molecule has 1 amide bonds. The number of hydrogen-bond donors (Lipinski definition) is 2. The summed E-state index contributed by atoms with van der Waals surface area (Å²) in [5.41, 5.74) is 2.41. The molecule has 0 bridgehead atoms. The number of piperidine rings is 1. The van der Waals surface area contributed by atoms with E-state index in [4.69, 9.17) is 9.47 Å². The van der Waals surface area contributed by atoms with E-state index in [1.165, 1.54) is 12.1 Å². The van der Waals surface area contributed by atoms with Crippen LogP contribution >= 0.6 is 0 Å². The molecule has 2 N–H and O–H groups in total. The standard InChI is InChI=1S/C23H25FN4O3/c1-30-19-11-17(12-20(13-19)31-2)27-23(29)21-14-26-28(18-5-3-4-16(24)10-18)22(21)15-6-8-25-9-7-15/h3-5,10-15,25H,6-9H2,1-2H3,(H,27,29). The van der Waals surface area contributed by atoms with E-state index >= 15 is 0 Å². The number of amides is 1. The van der Waals surface area contributed by atoms with Crippen LogP contribution < -0.4 is 20.1 Å². The van der Waals surface area contributed by atoms with Crippen LogP contribution in [0.2, 0.25) is 0 Å². The predicted molar refractivity (Wildman–Crippen MR) is 116 cm³/mol. The maximum Gasteiger partial charge on any atom is 0.259 e. The highest BCUT2D eigenvalue weighted by Gasteiger charge is 2.27. The minimum atomic E-state index is -0.348. The smallest absolute Gasteiger partial charge is 0.259 e. The third-order valence-electron chi connectivity index (χ3n) is 5.44. The van der Waals surface area contributed by atoms with Gasteiger partial charge in [0.1, 0.15) is 17.3 Å². The summed E-state index contributed by atoms with van der Waals surface area (Å²) in [6.45, 7) is 1.71. The monoisotopic (exact) mass is 424 g/mol. The van der Waals surface area contributed by atoms with E-state index in [2.05, 4.69) is 15.7 Å². The minimum Gasteiger partial charge on any atom is -0.497 e. The number of carbonyl (C=O) groups is 1. The summed E-state index contributed by atoms with van der Waals surface area (Å²) < 4.78 is 26.1. The van der Waals surface area contributed by atoms with E-state index in [1.807, 2.05) is 0 Å². The Bertz CT molecular complexity index is 1050. The van der Waals surface area contributed by atoms with Gasteiger partial charge in [0.05, 0.1) is 37.4 Å². The highest BCUT2D eigenvalue weighted by Crippen LogP contribution is 2.32. The summed E-state index contributed by atoms with van der Waals surface area (Å²) in [6, 6.07) is 11.4. The quantitative estimate of drug-likeness (QED) is 0.630. The van der Waals surface area contributed by atoms with Gasteiger partial charge < -0.3 is 20.1 Å². The van der Waals surface area contributed by atoms with Crippen LogP contribution in [-0.4, -0.2) is 43.0 Å². The molecule has 7 nitrogen and oxygen atoms in total. The number of hydrogen-bond acceptors (Lipinski definition) is 5. The van der Waals surface area contributed by atoms with E-state index in [9.17, 15) is 9.18 Å². The fourth-order valence-electron chi connectivity index (χ4n) is 3.91. The third-order valence-corrected chi connectivity index (χ3v) is 5.44. The molecule has 0 saturated carbocycles. The first-order chi connectivity index (χ1) is 15.1. The molecular weight excluding hydrogens is 399 g/mol.